The Morgan fingerprint density at radius 3 is 2.41 bits per heavy atom. The summed E-state index contributed by atoms with van der Waals surface area (Å²) in [5.74, 6) is -0.124. The highest BCUT2D eigenvalue weighted by molar-refractivity contribution is 6.05. The summed E-state index contributed by atoms with van der Waals surface area (Å²) >= 11 is 0. The first-order valence-corrected chi connectivity index (χ1v) is 19.6. The van der Waals surface area contributed by atoms with Crippen LogP contribution in [0.2, 0.25) is 0 Å². The molecule has 0 saturated heterocycles. The quantitative estimate of drug-likeness (QED) is 0.163. The molecule has 11 nitrogen and oxygen atoms in total. The van der Waals surface area contributed by atoms with Crippen molar-refractivity contribution in [1.29, 1.82) is 0 Å². The van der Waals surface area contributed by atoms with Gasteiger partial charge in [0.05, 0.1) is 41.8 Å². The molecule has 5 rings (SSSR count). The summed E-state index contributed by atoms with van der Waals surface area (Å²) < 4.78 is 12.9. The molecule has 4 atom stereocenters. The number of ether oxygens (including phenoxy) is 2. The molecule has 3 aromatic rings. The number of aliphatic hydroxyl groups excluding tert-OH is 1. The number of benzene rings is 3. The number of nitrogens with two attached hydrogens (primary N) is 1. The number of aliphatic hydroxyl groups is 1. The van der Waals surface area contributed by atoms with Gasteiger partial charge in [-0.05, 0) is 101 Å². The third-order valence-corrected chi connectivity index (χ3v) is 10.7. The van der Waals surface area contributed by atoms with E-state index in [0.717, 1.165) is 56.9 Å². The molecule has 11 heteroatoms. The number of anilines is 3. The maximum absolute atomic E-state index is 14.5. The first-order chi connectivity index (χ1) is 26.0. The van der Waals surface area contributed by atoms with E-state index in [1.165, 1.54) is 0 Å². The molecule has 0 radical (unpaired) electrons. The number of nitrogens with one attached hydrogen (secondary N) is 2. The lowest BCUT2D eigenvalue weighted by molar-refractivity contribution is -0.120. The molecule has 292 valence electrons. The molecule has 1 saturated carbocycles. The molecule has 1 fully saturated rings. The lowest BCUT2D eigenvalue weighted by Gasteiger charge is -2.36. The highest BCUT2D eigenvalue weighted by Gasteiger charge is 2.31. The first-order valence-electron chi connectivity index (χ1n) is 19.6. The molecule has 1 aliphatic carbocycles. The van der Waals surface area contributed by atoms with Crippen LogP contribution in [0.25, 0.3) is 0 Å². The van der Waals surface area contributed by atoms with Crippen molar-refractivity contribution in [1.82, 2.24) is 9.80 Å². The minimum Gasteiger partial charge on any atom is -0.490 e. The summed E-state index contributed by atoms with van der Waals surface area (Å²) in [4.78, 5) is 44.4. The van der Waals surface area contributed by atoms with Gasteiger partial charge in [0.2, 0.25) is 5.91 Å². The van der Waals surface area contributed by atoms with Crippen molar-refractivity contribution in [2.24, 2.45) is 11.8 Å². The third kappa shape index (κ3) is 11.3. The smallest absolute Gasteiger partial charge is 0.258 e. The van der Waals surface area contributed by atoms with Crippen LogP contribution in [0.4, 0.5) is 17.1 Å². The van der Waals surface area contributed by atoms with Crippen molar-refractivity contribution >= 4 is 34.8 Å². The molecule has 1 heterocycles. The van der Waals surface area contributed by atoms with Gasteiger partial charge in [0.1, 0.15) is 5.75 Å². The van der Waals surface area contributed by atoms with Gasteiger partial charge in [-0.15, -0.1) is 0 Å². The van der Waals surface area contributed by atoms with E-state index in [2.05, 4.69) is 22.5 Å². The van der Waals surface area contributed by atoms with Crippen LogP contribution in [0, 0.1) is 11.8 Å². The lowest BCUT2D eigenvalue weighted by atomic mass is 9.88. The second-order valence-corrected chi connectivity index (χ2v) is 15.3. The fourth-order valence-corrected chi connectivity index (χ4v) is 7.32. The number of rotatable bonds is 10. The predicted molar refractivity (Wildman–Crippen MR) is 214 cm³/mol. The number of carbonyl (C=O) groups is 3. The minimum absolute atomic E-state index is 0.00861. The largest absolute Gasteiger partial charge is 0.490 e. The molecular weight excluding hydrogens is 683 g/mol. The van der Waals surface area contributed by atoms with Crippen molar-refractivity contribution in [3.8, 4) is 5.75 Å². The van der Waals surface area contributed by atoms with Gasteiger partial charge in [0.25, 0.3) is 11.8 Å². The van der Waals surface area contributed by atoms with Crippen molar-refractivity contribution in [2.45, 2.75) is 96.9 Å². The molecule has 0 bridgehead atoms. The number of para-hydroxylation sites is 2. The Morgan fingerprint density at radius 1 is 0.963 bits per heavy atom. The Labute approximate surface area is 320 Å². The second-order valence-electron chi connectivity index (χ2n) is 15.3. The van der Waals surface area contributed by atoms with Crippen molar-refractivity contribution in [3.05, 3.63) is 83.4 Å². The topological polar surface area (TPSA) is 146 Å². The molecule has 2 aliphatic rings. The number of nitrogens with zero attached hydrogens (tertiary/aromatic N) is 2. The van der Waals surface area contributed by atoms with Gasteiger partial charge in [-0.2, -0.15) is 0 Å². The summed E-state index contributed by atoms with van der Waals surface area (Å²) in [6.45, 7) is 7.90. The molecule has 0 spiro atoms. The monoisotopic (exact) mass is 741 g/mol. The molecule has 5 N–H and O–H groups in total. The SMILES string of the molecule is C[C@@H]1CCCCO[C@@H](CN(C)Cc2ccc(C(=O)Nc3ccccc3N)cc2)[C@@H](C)CN([C@H](C)CO)C(=O)c2cc(NC(=O)C3CCCCC3)ccc2O1. The second kappa shape index (κ2) is 19.8. The van der Waals surface area contributed by atoms with E-state index in [0.29, 0.717) is 60.2 Å². The Bertz CT molecular complexity index is 1690. The van der Waals surface area contributed by atoms with Gasteiger partial charge in [-0.3, -0.25) is 19.3 Å². The van der Waals surface area contributed by atoms with Crippen molar-refractivity contribution in [2.75, 3.05) is 49.7 Å². The van der Waals surface area contributed by atoms with Crippen LogP contribution >= 0.6 is 0 Å². The zero-order valence-corrected chi connectivity index (χ0v) is 32.4. The summed E-state index contributed by atoms with van der Waals surface area (Å²) in [6.07, 6.45) is 7.26. The zero-order chi connectivity index (χ0) is 38.6. The number of carbonyl (C=O) groups excluding carboxylic acids is 3. The Kier molecular flexibility index (Phi) is 14.9. The maximum atomic E-state index is 14.5. The van der Waals surface area contributed by atoms with Crippen LogP contribution < -0.4 is 21.1 Å². The number of fused-ring (bicyclic) bond motifs is 1. The van der Waals surface area contributed by atoms with E-state index in [4.69, 9.17) is 15.2 Å². The van der Waals surface area contributed by atoms with Crippen molar-refractivity contribution < 1.29 is 29.0 Å². The van der Waals surface area contributed by atoms with Crippen LogP contribution in [0.15, 0.2) is 66.7 Å². The van der Waals surface area contributed by atoms with Gasteiger partial charge < -0.3 is 35.8 Å². The van der Waals surface area contributed by atoms with E-state index in [9.17, 15) is 19.5 Å². The van der Waals surface area contributed by atoms with E-state index >= 15 is 0 Å². The molecule has 3 aromatic carbocycles. The lowest BCUT2D eigenvalue weighted by Crippen LogP contribution is -2.47. The first kappa shape index (κ1) is 40.7. The maximum Gasteiger partial charge on any atom is 0.258 e. The van der Waals surface area contributed by atoms with Gasteiger partial charge in [-0.25, -0.2) is 0 Å². The average molecular weight is 742 g/mol. The number of nitrogen functional groups attached to an aromatic ring is 1. The standard InChI is InChI=1S/C43H59N5O6/c1-29-25-48(30(2)28-49)43(52)36-24-35(45-41(50)33-13-6-5-7-14-33)21-22-39(36)54-31(3)12-10-11-23-53-40(29)27-47(4)26-32-17-19-34(20-18-32)42(51)46-38-16-9-8-15-37(38)44/h8-9,15-22,24,29-31,33,40,49H,5-7,10-14,23,25-28,44H2,1-4H3,(H,45,50)(H,46,51)/t29-,30+,31+,40-/m0/s1. The molecule has 3 amide bonds. The van der Waals surface area contributed by atoms with Crippen LogP contribution in [0.5, 0.6) is 5.75 Å². The minimum atomic E-state index is -0.467. The van der Waals surface area contributed by atoms with E-state index < -0.39 is 6.04 Å². The van der Waals surface area contributed by atoms with E-state index in [1.807, 2.05) is 63.4 Å². The highest BCUT2D eigenvalue weighted by Crippen LogP contribution is 2.30. The molecular formula is C43H59N5O6. The van der Waals surface area contributed by atoms with Crippen LogP contribution in [0.1, 0.15) is 98.4 Å². The van der Waals surface area contributed by atoms with Gasteiger partial charge in [0, 0.05) is 49.3 Å². The molecule has 1 aliphatic heterocycles. The van der Waals surface area contributed by atoms with Crippen LogP contribution in [-0.4, -0.2) is 84.2 Å². The summed E-state index contributed by atoms with van der Waals surface area (Å²) in [5, 5.41) is 16.3. The summed E-state index contributed by atoms with van der Waals surface area (Å²) in [5.41, 5.74) is 9.60. The van der Waals surface area contributed by atoms with Crippen LogP contribution in [-0.2, 0) is 16.1 Å². The number of likely N-dealkylation sites (N-methyl/N-ethyl adjacent to an activating group) is 1. The Morgan fingerprint density at radius 2 is 1.69 bits per heavy atom. The van der Waals surface area contributed by atoms with E-state index in [-0.39, 0.29) is 48.4 Å². The Hall–Kier alpha value is -4.45. The fraction of sp³-hybridized carbons (Fsp3) is 0.512. The van der Waals surface area contributed by atoms with E-state index in [1.54, 1.807) is 29.2 Å². The molecule has 0 aromatic heterocycles. The predicted octanol–water partition coefficient (Wildman–Crippen LogP) is 6.97. The molecule has 54 heavy (non-hydrogen) atoms. The number of hydrogen-bond acceptors (Lipinski definition) is 8. The zero-order valence-electron chi connectivity index (χ0n) is 32.4. The van der Waals surface area contributed by atoms with Gasteiger partial charge in [-0.1, -0.05) is 50.5 Å². The van der Waals surface area contributed by atoms with Crippen LogP contribution in [0.3, 0.4) is 0 Å². The average Bonchev–Trinajstić information content (AvgIpc) is 3.17. The number of hydrogen-bond donors (Lipinski definition) is 4. The number of amides is 3. The van der Waals surface area contributed by atoms with Gasteiger partial charge >= 0.3 is 0 Å². The summed E-state index contributed by atoms with van der Waals surface area (Å²) in [6, 6.07) is 19.6. The normalized spacial score (nSPS) is 21.0. The Balaban J connectivity index is 1.30. The summed E-state index contributed by atoms with van der Waals surface area (Å²) in [7, 11) is 2.04. The molecule has 0 unspecified atom stereocenters. The third-order valence-electron chi connectivity index (χ3n) is 10.7. The van der Waals surface area contributed by atoms with Gasteiger partial charge in [0.15, 0.2) is 0 Å². The fourth-order valence-electron chi connectivity index (χ4n) is 7.32. The highest BCUT2D eigenvalue weighted by atomic mass is 16.5. The van der Waals surface area contributed by atoms with Crippen molar-refractivity contribution in [3.63, 3.8) is 0 Å².